The van der Waals surface area contributed by atoms with Crippen molar-refractivity contribution < 1.29 is 13.2 Å². The SMILES string of the molecule is O=CC1CCN(S(=O)(=O)c2ccn[nH]2)CC1. The number of aldehydes is 1. The molecule has 1 aromatic rings. The van der Waals surface area contributed by atoms with E-state index < -0.39 is 10.0 Å². The number of carbonyl (C=O) groups is 1. The summed E-state index contributed by atoms with van der Waals surface area (Å²) in [4.78, 5) is 10.6. The molecule has 2 rings (SSSR count). The average molecular weight is 243 g/mol. The number of H-pyrrole nitrogens is 1. The zero-order chi connectivity index (χ0) is 11.6. The maximum Gasteiger partial charge on any atom is 0.259 e. The number of carbonyl (C=O) groups excluding carboxylic acids is 1. The molecular weight excluding hydrogens is 230 g/mol. The largest absolute Gasteiger partial charge is 0.303 e. The zero-order valence-corrected chi connectivity index (χ0v) is 9.48. The number of rotatable bonds is 3. The van der Waals surface area contributed by atoms with Crippen LogP contribution in [0.25, 0.3) is 0 Å². The lowest BCUT2D eigenvalue weighted by molar-refractivity contribution is -0.112. The summed E-state index contributed by atoms with van der Waals surface area (Å²) in [5.74, 6) is -0.00628. The van der Waals surface area contributed by atoms with Crippen LogP contribution in [-0.4, -0.2) is 42.3 Å². The van der Waals surface area contributed by atoms with Gasteiger partial charge >= 0.3 is 0 Å². The van der Waals surface area contributed by atoms with Gasteiger partial charge in [0.2, 0.25) is 0 Å². The minimum absolute atomic E-state index is 0.00628. The van der Waals surface area contributed by atoms with Crippen molar-refractivity contribution in [3.63, 3.8) is 0 Å². The van der Waals surface area contributed by atoms with Crippen molar-refractivity contribution in [1.29, 1.82) is 0 Å². The number of nitrogens with one attached hydrogen (secondary N) is 1. The Balaban J connectivity index is 2.12. The Morgan fingerprint density at radius 1 is 1.44 bits per heavy atom. The predicted octanol–water partition coefficient (Wildman–Crippen LogP) is 0.00930. The van der Waals surface area contributed by atoms with Crippen LogP contribution in [0.5, 0.6) is 0 Å². The Kier molecular flexibility index (Phi) is 3.06. The number of aromatic nitrogens is 2. The lowest BCUT2D eigenvalue weighted by Gasteiger charge is -2.28. The zero-order valence-electron chi connectivity index (χ0n) is 8.67. The van der Waals surface area contributed by atoms with Crippen molar-refractivity contribution >= 4 is 16.3 Å². The van der Waals surface area contributed by atoms with Gasteiger partial charge < -0.3 is 4.79 Å². The van der Waals surface area contributed by atoms with E-state index in [1.165, 1.54) is 16.6 Å². The molecule has 0 aliphatic carbocycles. The number of hydrogen-bond donors (Lipinski definition) is 1. The number of hydrogen-bond acceptors (Lipinski definition) is 4. The number of sulfonamides is 1. The average Bonchev–Trinajstić information content (AvgIpc) is 2.83. The highest BCUT2D eigenvalue weighted by molar-refractivity contribution is 7.89. The molecule has 1 fully saturated rings. The highest BCUT2D eigenvalue weighted by Gasteiger charge is 2.29. The summed E-state index contributed by atoms with van der Waals surface area (Å²) in [6.07, 6.45) is 3.50. The van der Waals surface area contributed by atoms with E-state index >= 15 is 0 Å². The van der Waals surface area contributed by atoms with E-state index in [9.17, 15) is 13.2 Å². The summed E-state index contributed by atoms with van der Waals surface area (Å²) in [5, 5.41) is 6.19. The van der Waals surface area contributed by atoms with Crippen LogP contribution in [0.3, 0.4) is 0 Å². The first-order valence-corrected chi connectivity index (χ1v) is 6.53. The van der Waals surface area contributed by atoms with E-state index in [0.29, 0.717) is 25.9 Å². The van der Waals surface area contributed by atoms with Crippen molar-refractivity contribution in [2.45, 2.75) is 17.9 Å². The fourth-order valence-corrected chi connectivity index (χ4v) is 3.15. The molecule has 1 aliphatic heterocycles. The molecule has 1 aromatic heterocycles. The van der Waals surface area contributed by atoms with E-state index in [2.05, 4.69) is 10.2 Å². The summed E-state index contributed by atoms with van der Waals surface area (Å²) in [6.45, 7) is 0.787. The standard InChI is InChI=1S/C9H13N3O3S/c13-7-8-2-5-12(6-3-8)16(14,15)9-1-4-10-11-9/h1,4,7-8H,2-3,5-6H2,(H,10,11). The van der Waals surface area contributed by atoms with E-state index in [-0.39, 0.29) is 10.9 Å². The number of piperidine rings is 1. The van der Waals surface area contributed by atoms with Crippen molar-refractivity contribution in [3.8, 4) is 0 Å². The van der Waals surface area contributed by atoms with Crippen LogP contribution in [0.1, 0.15) is 12.8 Å². The molecule has 0 spiro atoms. The van der Waals surface area contributed by atoms with Crippen molar-refractivity contribution in [2.75, 3.05) is 13.1 Å². The summed E-state index contributed by atoms with van der Waals surface area (Å²) in [5.41, 5.74) is 0. The number of aromatic amines is 1. The lowest BCUT2D eigenvalue weighted by atomic mass is 10.0. The van der Waals surface area contributed by atoms with Crippen LogP contribution in [0.15, 0.2) is 17.3 Å². The maximum atomic E-state index is 12.0. The molecule has 0 unspecified atom stereocenters. The first kappa shape index (κ1) is 11.3. The molecule has 1 saturated heterocycles. The molecule has 6 nitrogen and oxygen atoms in total. The van der Waals surface area contributed by atoms with Gasteiger partial charge in [-0.3, -0.25) is 5.10 Å². The summed E-state index contributed by atoms with van der Waals surface area (Å²) in [6, 6.07) is 1.43. The fourth-order valence-electron chi connectivity index (χ4n) is 1.78. The van der Waals surface area contributed by atoms with Gasteiger partial charge in [-0.15, -0.1) is 0 Å². The Morgan fingerprint density at radius 3 is 2.62 bits per heavy atom. The second kappa shape index (κ2) is 4.34. The molecule has 0 saturated carbocycles. The van der Waals surface area contributed by atoms with E-state index in [4.69, 9.17) is 0 Å². The second-order valence-corrected chi connectivity index (χ2v) is 5.70. The highest BCUT2D eigenvalue weighted by atomic mass is 32.2. The van der Waals surface area contributed by atoms with Gasteiger partial charge in [-0.25, -0.2) is 8.42 Å². The second-order valence-electron chi connectivity index (χ2n) is 3.80. The van der Waals surface area contributed by atoms with Crippen molar-refractivity contribution in [2.24, 2.45) is 5.92 Å². The minimum Gasteiger partial charge on any atom is -0.303 e. The quantitative estimate of drug-likeness (QED) is 0.758. The molecular formula is C9H13N3O3S. The molecule has 0 atom stereocenters. The third kappa shape index (κ3) is 2.00. The Bertz CT molecular complexity index is 446. The van der Waals surface area contributed by atoms with Crippen molar-refractivity contribution in [1.82, 2.24) is 14.5 Å². The molecule has 0 amide bonds. The van der Waals surface area contributed by atoms with Gasteiger partial charge in [0, 0.05) is 19.0 Å². The van der Waals surface area contributed by atoms with E-state index in [1.807, 2.05) is 0 Å². The van der Waals surface area contributed by atoms with Crippen LogP contribution in [0, 0.1) is 5.92 Å². The molecule has 88 valence electrons. The molecule has 16 heavy (non-hydrogen) atoms. The van der Waals surface area contributed by atoms with Gasteiger partial charge in [0.15, 0.2) is 5.03 Å². The Labute approximate surface area is 93.7 Å². The minimum atomic E-state index is -3.45. The van der Waals surface area contributed by atoms with Crippen molar-refractivity contribution in [3.05, 3.63) is 12.3 Å². The molecule has 0 radical (unpaired) electrons. The maximum absolute atomic E-state index is 12.0. The van der Waals surface area contributed by atoms with Crippen LogP contribution >= 0.6 is 0 Å². The summed E-state index contributed by atoms with van der Waals surface area (Å²) in [7, 11) is -3.45. The van der Waals surface area contributed by atoms with Gasteiger partial charge in [-0.1, -0.05) is 0 Å². The smallest absolute Gasteiger partial charge is 0.259 e. The molecule has 1 aliphatic rings. The van der Waals surface area contributed by atoms with Crippen LogP contribution in [0.4, 0.5) is 0 Å². The highest BCUT2D eigenvalue weighted by Crippen LogP contribution is 2.21. The monoisotopic (exact) mass is 243 g/mol. The van der Waals surface area contributed by atoms with Gasteiger partial charge in [0.05, 0.1) is 6.20 Å². The normalized spacial score (nSPS) is 19.8. The Hall–Kier alpha value is -1.21. The number of nitrogens with zero attached hydrogens (tertiary/aromatic N) is 2. The first-order valence-electron chi connectivity index (χ1n) is 5.09. The van der Waals surface area contributed by atoms with E-state index in [1.54, 1.807) is 0 Å². The van der Waals surface area contributed by atoms with Gasteiger partial charge in [0.25, 0.3) is 10.0 Å². The molecule has 2 heterocycles. The molecule has 1 N–H and O–H groups in total. The molecule has 7 heteroatoms. The lowest BCUT2D eigenvalue weighted by Crippen LogP contribution is -2.38. The summed E-state index contributed by atoms with van der Waals surface area (Å²) >= 11 is 0. The fraction of sp³-hybridized carbons (Fsp3) is 0.556. The van der Waals surface area contributed by atoms with Gasteiger partial charge in [-0.2, -0.15) is 9.40 Å². The molecule has 0 bridgehead atoms. The Morgan fingerprint density at radius 2 is 2.12 bits per heavy atom. The van der Waals surface area contributed by atoms with Gasteiger partial charge in [-0.05, 0) is 18.9 Å². The predicted molar refractivity (Wildman–Crippen MR) is 56.1 cm³/mol. The van der Waals surface area contributed by atoms with Crippen LogP contribution in [-0.2, 0) is 14.8 Å². The molecule has 0 aromatic carbocycles. The third-order valence-corrected chi connectivity index (χ3v) is 4.61. The summed E-state index contributed by atoms with van der Waals surface area (Å²) < 4.78 is 25.4. The topological polar surface area (TPSA) is 83.1 Å². The van der Waals surface area contributed by atoms with Crippen LogP contribution in [0.2, 0.25) is 0 Å². The van der Waals surface area contributed by atoms with Crippen LogP contribution < -0.4 is 0 Å². The third-order valence-electron chi connectivity index (χ3n) is 2.78. The van der Waals surface area contributed by atoms with Gasteiger partial charge in [0.1, 0.15) is 6.29 Å². The first-order chi connectivity index (χ1) is 7.64. The van der Waals surface area contributed by atoms with E-state index in [0.717, 1.165) is 6.29 Å².